The van der Waals surface area contributed by atoms with Crippen molar-refractivity contribution in [3.63, 3.8) is 0 Å². The average Bonchev–Trinajstić information content (AvgIpc) is 2.81. The van der Waals surface area contributed by atoms with E-state index in [1.165, 1.54) is 0 Å². The van der Waals surface area contributed by atoms with Crippen LogP contribution in [0.25, 0.3) is 0 Å². The van der Waals surface area contributed by atoms with Crippen LogP contribution in [0.2, 0.25) is 0 Å². The first-order valence-corrected chi connectivity index (χ1v) is 5.41. The van der Waals surface area contributed by atoms with E-state index in [2.05, 4.69) is 10.2 Å². The predicted molar refractivity (Wildman–Crippen MR) is 59.9 cm³/mol. The third-order valence-electron chi connectivity index (χ3n) is 2.39. The van der Waals surface area contributed by atoms with Gasteiger partial charge in [0, 0.05) is 18.8 Å². The Labute approximate surface area is 98.2 Å². The lowest BCUT2D eigenvalue weighted by Gasteiger charge is -2.24. The predicted octanol–water partition coefficient (Wildman–Crippen LogP) is 0.612. The van der Waals surface area contributed by atoms with E-state index in [0.717, 1.165) is 0 Å². The second-order valence-corrected chi connectivity index (χ2v) is 3.77. The van der Waals surface area contributed by atoms with Gasteiger partial charge in [0.1, 0.15) is 12.8 Å². The van der Waals surface area contributed by atoms with Crippen molar-refractivity contribution >= 4 is 0 Å². The van der Waals surface area contributed by atoms with Crippen LogP contribution < -0.4 is 15.2 Å². The van der Waals surface area contributed by atoms with Crippen molar-refractivity contribution in [2.45, 2.75) is 18.7 Å². The quantitative estimate of drug-likeness (QED) is 0.561. The standard InChI is InChI=1S/C10H15N3O4/c11-10(13-14)1-2-15-5-7-6-16-8-3-12-4-9(8)17-7/h3-4,7,10,12H,1-2,5-6,11H2. The number of aromatic nitrogens is 1. The topological polar surface area (TPSA) is 98.9 Å². The normalized spacial score (nSPS) is 19.9. The van der Waals surface area contributed by atoms with Crippen LogP contribution in [0.3, 0.4) is 0 Å². The van der Waals surface area contributed by atoms with Crippen molar-refractivity contribution in [3.8, 4) is 11.5 Å². The highest BCUT2D eigenvalue weighted by Crippen LogP contribution is 2.30. The van der Waals surface area contributed by atoms with Gasteiger partial charge in [-0.2, -0.15) is 0 Å². The van der Waals surface area contributed by atoms with Gasteiger partial charge >= 0.3 is 0 Å². The van der Waals surface area contributed by atoms with Crippen molar-refractivity contribution in [2.24, 2.45) is 10.9 Å². The molecule has 1 aliphatic heterocycles. The highest BCUT2D eigenvalue weighted by molar-refractivity contribution is 5.38. The monoisotopic (exact) mass is 241 g/mol. The van der Waals surface area contributed by atoms with Crippen LogP contribution in [0.1, 0.15) is 6.42 Å². The Morgan fingerprint density at radius 3 is 3.24 bits per heavy atom. The summed E-state index contributed by atoms with van der Waals surface area (Å²) in [7, 11) is 0. The molecule has 1 aliphatic rings. The number of H-pyrrole nitrogens is 1. The molecule has 1 aromatic heterocycles. The van der Waals surface area contributed by atoms with Crippen molar-refractivity contribution in [1.29, 1.82) is 0 Å². The molecule has 0 saturated carbocycles. The Kier molecular flexibility index (Phi) is 3.94. The molecule has 0 aromatic carbocycles. The lowest BCUT2D eigenvalue weighted by Crippen LogP contribution is -2.33. The molecule has 0 amide bonds. The number of aromatic amines is 1. The molecule has 2 rings (SSSR count). The number of fused-ring (bicyclic) bond motifs is 1. The molecule has 2 heterocycles. The maximum atomic E-state index is 10.0. The lowest BCUT2D eigenvalue weighted by molar-refractivity contribution is 0.00784. The number of nitrogens with one attached hydrogen (secondary N) is 1. The minimum Gasteiger partial charge on any atom is -0.484 e. The molecule has 0 bridgehead atoms. The summed E-state index contributed by atoms with van der Waals surface area (Å²) >= 11 is 0. The van der Waals surface area contributed by atoms with E-state index >= 15 is 0 Å². The largest absolute Gasteiger partial charge is 0.484 e. The van der Waals surface area contributed by atoms with Crippen LogP contribution in [0.5, 0.6) is 11.5 Å². The second-order valence-electron chi connectivity index (χ2n) is 3.77. The molecular weight excluding hydrogens is 226 g/mol. The molecule has 0 radical (unpaired) electrons. The van der Waals surface area contributed by atoms with E-state index in [4.69, 9.17) is 19.9 Å². The van der Waals surface area contributed by atoms with Crippen LogP contribution >= 0.6 is 0 Å². The maximum absolute atomic E-state index is 10.0. The summed E-state index contributed by atoms with van der Waals surface area (Å²) in [6, 6.07) is 0. The number of hydrogen-bond acceptors (Lipinski definition) is 6. The van der Waals surface area contributed by atoms with Crippen LogP contribution in [0.4, 0.5) is 0 Å². The fourth-order valence-electron chi connectivity index (χ4n) is 1.49. The summed E-state index contributed by atoms with van der Waals surface area (Å²) in [5.41, 5.74) is 5.32. The van der Waals surface area contributed by atoms with Crippen molar-refractivity contribution in [1.82, 2.24) is 4.98 Å². The fraction of sp³-hybridized carbons (Fsp3) is 0.600. The zero-order valence-electron chi connectivity index (χ0n) is 9.30. The molecule has 7 nitrogen and oxygen atoms in total. The van der Waals surface area contributed by atoms with Gasteiger partial charge in [-0.3, -0.25) is 0 Å². The molecule has 94 valence electrons. The van der Waals surface area contributed by atoms with E-state index in [1.54, 1.807) is 12.4 Å². The van der Waals surface area contributed by atoms with Crippen molar-refractivity contribution in [2.75, 3.05) is 19.8 Å². The number of nitroso groups, excluding NO2 is 1. The maximum Gasteiger partial charge on any atom is 0.179 e. The Hall–Kier alpha value is -1.60. The van der Waals surface area contributed by atoms with Crippen molar-refractivity contribution in [3.05, 3.63) is 17.3 Å². The average molecular weight is 241 g/mol. The van der Waals surface area contributed by atoms with Crippen LogP contribution in [0, 0.1) is 4.91 Å². The summed E-state index contributed by atoms with van der Waals surface area (Å²) < 4.78 is 16.4. The molecular formula is C10H15N3O4. The number of rotatable bonds is 6. The molecule has 2 atom stereocenters. The first kappa shape index (κ1) is 11.9. The van der Waals surface area contributed by atoms with E-state index < -0.39 is 6.17 Å². The highest BCUT2D eigenvalue weighted by Gasteiger charge is 2.21. The van der Waals surface area contributed by atoms with Crippen LogP contribution in [-0.4, -0.2) is 37.1 Å². The Balaban J connectivity index is 1.66. The lowest BCUT2D eigenvalue weighted by atomic mass is 10.3. The summed E-state index contributed by atoms with van der Waals surface area (Å²) in [6.45, 7) is 1.23. The first-order valence-electron chi connectivity index (χ1n) is 5.41. The zero-order valence-corrected chi connectivity index (χ0v) is 9.30. The summed E-state index contributed by atoms with van der Waals surface area (Å²) in [4.78, 5) is 12.9. The molecule has 0 saturated heterocycles. The molecule has 2 unspecified atom stereocenters. The van der Waals surface area contributed by atoms with Crippen LogP contribution in [-0.2, 0) is 4.74 Å². The SMILES string of the molecule is NC(CCOCC1COc2c[nH]cc2O1)N=O. The van der Waals surface area contributed by atoms with Gasteiger partial charge in [0.15, 0.2) is 17.6 Å². The van der Waals surface area contributed by atoms with Gasteiger partial charge in [0.05, 0.1) is 13.2 Å². The summed E-state index contributed by atoms with van der Waals surface area (Å²) in [5, 5.41) is 2.68. The van der Waals surface area contributed by atoms with Crippen LogP contribution in [0.15, 0.2) is 17.6 Å². The summed E-state index contributed by atoms with van der Waals surface area (Å²) in [5.74, 6) is 1.41. The second kappa shape index (κ2) is 5.65. The third kappa shape index (κ3) is 3.18. The summed E-state index contributed by atoms with van der Waals surface area (Å²) in [6.07, 6.45) is 3.04. The van der Waals surface area contributed by atoms with Gasteiger partial charge in [0.25, 0.3) is 0 Å². The third-order valence-corrected chi connectivity index (χ3v) is 2.39. The number of nitrogens with two attached hydrogens (primary N) is 1. The molecule has 0 spiro atoms. The Morgan fingerprint density at radius 2 is 2.41 bits per heavy atom. The van der Waals surface area contributed by atoms with E-state index in [0.29, 0.717) is 37.7 Å². The zero-order chi connectivity index (χ0) is 12.1. The van der Waals surface area contributed by atoms with Gasteiger partial charge in [-0.25, -0.2) is 0 Å². The van der Waals surface area contributed by atoms with E-state index in [9.17, 15) is 4.91 Å². The Morgan fingerprint density at radius 1 is 1.59 bits per heavy atom. The number of ether oxygens (including phenoxy) is 3. The van der Waals surface area contributed by atoms with Gasteiger partial charge in [0.2, 0.25) is 0 Å². The Bertz CT molecular complexity index is 368. The molecule has 0 fully saturated rings. The number of nitrogens with zero attached hydrogens (tertiary/aromatic N) is 1. The van der Waals surface area contributed by atoms with Gasteiger partial charge in [-0.1, -0.05) is 5.18 Å². The minimum absolute atomic E-state index is 0.140. The number of hydrogen-bond donors (Lipinski definition) is 2. The molecule has 17 heavy (non-hydrogen) atoms. The smallest absolute Gasteiger partial charge is 0.179 e. The van der Waals surface area contributed by atoms with Gasteiger partial charge < -0.3 is 24.9 Å². The molecule has 0 aliphatic carbocycles. The minimum atomic E-state index is -0.699. The highest BCUT2D eigenvalue weighted by atomic mass is 16.6. The van der Waals surface area contributed by atoms with Gasteiger partial charge in [-0.15, -0.1) is 4.91 Å². The first-order chi connectivity index (χ1) is 8.29. The molecule has 7 heteroatoms. The fourth-order valence-corrected chi connectivity index (χ4v) is 1.49. The molecule has 3 N–H and O–H groups in total. The molecule has 1 aromatic rings. The van der Waals surface area contributed by atoms with E-state index in [1.807, 2.05) is 0 Å². The van der Waals surface area contributed by atoms with Gasteiger partial charge in [-0.05, 0) is 0 Å². The van der Waals surface area contributed by atoms with Crippen molar-refractivity contribution < 1.29 is 14.2 Å². The van der Waals surface area contributed by atoms with E-state index in [-0.39, 0.29) is 6.10 Å².